The Morgan fingerprint density at radius 2 is 1.83 bits per heavy atom. The normalized spacial score (nSPS) is 11.0. The van der Waals surface area contributed by atoms with Gasteiger partial charge < -0.3 is 11.1 Å². The number of nitrogens with zero attached hydrogens (tertiary/aromatic N) is 2. The molecule has 2 aromatic carbocycles. The van der Waals surface area contributed by atoms with Crippen LogP contribution >= 0.6 is 11.6 Å². The van der Waals surface area contributed by atoms with E-state index in [1.165, 1.54) is 6.08 Å². The molecule has 0 aliphatic carbocycles. The second kappa shape index (κ2) is 9.41. The largest absolute Gasteiger partial charge is 0.366 e. The Hall–Kier alpha value is -3.38. The van der Waals surface area contributed by atoms with E-state index in [0.29, 0.717) is 23.7 Å². The van der Waals surface area contributed by atoms with Crippen molar-refractivity contribution in [2.75, 3.05) is 0 Å². The van der Waals surface area contributed by atoms with E-state index in [-0.39, 0.29) is 5.91 Å². The van der Waals surface area contributed by atoms with Gasteiger partial charge in [0.1, 0.15) is 0 Å². The number of primary amides is 1. The highest BCUT2D eigenvalue weighted by Crippen LogP contribution is 2.20. The molecule has 30 heavy (non-hydrogen) atoms. The highest BCUT2D eigenvalue weighted by atomic mass is 35.5. The Kier molecular flexibility index (Phi) is 6.69. The lowest BCUT2D eigenvalue weighted by Gasteiger charge is -2.06. The van der Waals surface area contributed by atoms with Gasteiger partial charge >= 0.3 is 0 Å². The molecule has 1 aromatic heterocycles. The third kappa shape index (κ3) is 5.15. The molecule has 6 nitrogen and oxygen atoms in total. The van der Waals surface area contributed by atoms with Gasteiger partial charge in [0.2, 0.25) is 11.8 Å². The van der Waals surface area contributed by atoms with E-state index in [4.69, 9.17) is 17.3 Å². The van der Waals surface area contributed by atoms with Gasteiger partial charge in [-0.15, -0.1) is 0 Å². The lowest BCUT2D eigenvalue weighted by Crippen LogP contribution is -2.20. The van der Waals surface area contributed by atoms with Gasteiger partial charge in [0.05, 0.1) is 12.2 Å². The number of aryl methyl sites for hydroxylation is 1. The van der Waals surface area contributed by atoms with Crippen LogP contribution in [0.2, 0.25) is 5.02 Å². The van der Waals surface area contributed by atoms with Crippen molar-refractivity contribution in [3.63, 3.8) is 0 Å². The fourth-order valence-electron chi connectivity index (χ4n) is 3.09. The summed E-state index contributed by atoms with van der Waals surface area (Å²) in [6.45, 7) is 4.79. The van der Waals surface area contributed by atoms with Crippen LogP contribution in [0.4, 0.5) is 0 Å². The molecular formula is C23H23ClN4O2. The van der Waals surface area contributed by atoms with Gasteiger partial charge in [-0.2, -0.15) is 5.10 Å². The molecule has 154 valence electrons. The Morgan fingerprint density at radius 3 is 2.50 bits per heavy atom. The predicted molar refractivity (Wildman–Crippen MR) is 118 cm³/mol. The average molecular weight is 423 g/mol. The molecule has 0 spiro atoms. The maximum atomic E-state index is 12.2. The first-order chi connectivity index (χ1) is 14.3. The summed E-state index contributed by atoms with van der Waals surface area (Å²) in [4.78, 5) is 23.3. The van der Waals surface area contributed by atoms with E-state index in [1.807, 2.05) is 42.8 Å². The molecule has 3 N–H and O–H groups in total. The maximum Gasteiger partial charge on any atom is 0.248 e. The Labute approximate surface area is 180 Å². The third-order valence-corrected chi connectivity index (χ3v) is 5.19. The topological polar surface area (TPSA) is 90.0 Å². The molecular weight excluding hydrogens is 400 g/mol. The van der Waals surface area contributed by atoms with Crippen LogP contribution in [0.1, 0.15) is 38.4 Å². The second-order valence-corrected chi connectivity index (χ2v) is 7.35. The van der Waals surface area contributed by atoms with Crippen molar-refractivity contribution in [2.45, 2.75) is 26.9 Å². The zero-order valence-corrected chi connectivity index (χ0v) is 17.6. The SMILES string of the molecule is Cc1nn(Cc2ccccc2Cl)c(C)c1/C=C/C(=O)NCc1ccc(C(N)=O)cc1. The number of carbonyl (C=O) groups is 2. The van der Waals surface area contributed by atoms with Crippen LogP contribution in [-0.2, 0) is 17.9 Å². The number of carbonyl (C=O) groups excluding carboxylic acids is 2. The van der Waals surface area contributed by atoms with Crippen LogP contribution in [0.5, 0.6) is 0 Å². The monoisotopic (exact) mass is 422 g/mol. The summed E-state index contributed by atoms with van der Waals surface area (Å²) in [6.07, 6.45) is 3.26. The summed E-state index contributed by atoms with van der Waals surface area (Å²) in [5.41, 5.74) is 10.2. The van der Waals surface area contributed by atoms with Crippen molar-refractivity contribution < 1.29 is 9.59 Å². The van der Waals surface area contributed by atoms with Gasteiger partial charge in [0.15, 0.2) is 0 Å². The number of hydrogen-bond acceptors (Lipinski definition) is 3. The molecule has 3 rings (SSSR count). The summed E-state index contributed by atoms with van der Waals surface area (Å²) in [7, 11) is 0. The van der Waals surface area contributed by atoms with Crippen molar-refractivity contribution >= 4 is 29.5 Å². The molecule has 7 heteroatoms. The number of nitrogens with one attached hydrogen (secondary N) is 1. The van der Waals surface area contributed by atoms with Crippen LogP contribution in [0.15, 0.2) is 54.6 Å². The fraction of sp³-hybridized carbons (Fsp3) is 0.174. The van der Waals surface area contributed by atoms with Crippen LogP contribution in [0.3, 0.4) is 0 Å². The first-order valence-electron chi connectivity index (χ1n) is 9.47. The summed E-state index contributed by atoms with van der Waals surface area (Å²) in [6, 6.07) is 14.5. The Morgan fingerprint density at radius 1 is 1.13 bits per heavy atom. The van der Waals surface area contributed by atoms with Gasteiger partial charge in [-0.05, 0) is 49.2 Å². The fourth-order valence-corrected chi connectivity index (χ4v) is 3.28. The molecule has 0 saturated heterocycles. The van der Waals surface area contributed by atoms with Crippen LogP contribution < -0.4 is 11.1 Å². The standard InChI is InChI=1S/C23H23ClN4O2/c1-15-20(16(2)28(27-15)14-19-5-3-4-6-21(19)24)11-12-22(29)26-13-17-7-9-18(10-8-17)23(25)30/h3-12H,13-14H2,1-2H3,(H2,25,30)(H,26,29)/b12-11+. The number of rotatable bonds is 7. The molecule has 0 aliphatic rings. The van der Waals surface area contributed by atoms with Crippen molar-refractivity contribution in [1.29, 1.82) is 0 Å². The molecule has 0 saturated carbocycles. The Bertz CT molecular complexity index is 1100. The highest BCUT2D eigenvalue weighted by molar-refractivity contribution is 6.31. The molecule has 0 fully saturated rings. The molecule has 0 radical (unpaired) electrons. The number of halogens is 1. The van der Waals surface area contributed by atoms with E-state index in [1.54, 1.807) is 30.3 Å². The smallest absolute Gasteiger partial charge is 0.248 e. The molecule has 3 aromatic rings. The lowest BCUT2D eigenvalue weighted by molar-refractivity contribution is -0.116. The zero-order chi connectivity index (χ0) is 21.7. The molecule has 0 atom stereocenters. The quantitative estimate of drug-likeness (QED) is 0.569. The average Bonchev–Trinajstić information content (AvgIpc) is 2.99. The molecule has 1 heterocycles. The number of aromatic nitrogens is 2. The van der Waals surface area contributed by atoms with Crippen LogP contribution in [0.25, 0.3) is 6.08 Å². The number of amides is 2. The summed E-state index contributed by atoms with van der Waals surface area (Å²) < 4.78 is 1.88. The minimum atomic E-state index is -0.477. The van der Waals surface area contributed by atoms with Crippen molar-refractivity contribution in [1.82, 2.24) is 15.1 Å². The van der Waals surface area contributed by atoms with Crippen molar-refractivity contribution in [2.24, 2.45) is 5.73 Å². The van der Waals surface area contributed by atoms with Gasteiger partial charge in [-0.3, -0.25) is 14.3 Å². The summed E-state index contributed by atoms with van der Waals surface area (Å²) in [5.74, 6) is -0.694. The first-order valence-corrected chi connectivity index (χ1v) is 9.85. The van der Waals surface area contributed by atoms with Gasteiger partial charge in [0, 0.05) is 34.5 Å². The Balaban J connectivity index is 1.64. The molecule has 2 amide bonds. The maximum absolute atomic E-state index is 12.2. The summed E-state index contributed by atoms with van der Waals surface area (Å²) >= 11 is 6.25. The minimum absolute atomic E-state index is 0.216. The van der Waals surface area contributed by atoms with E-state index in [0.717, 1.165) is 28.1 Å². The van der Waals surface area contributed by atoms with E-state index >= 15 is 0 Å². The lowest BCUT2D eigenvalue weighted by atomic mass is 10.1. The zero-order valence-electron chi connectivity index (χ0n) is 16.9. The first kappa shape index (κ1) is 21.3. The van der Waals surface area contributed by atoms with Gasteiger partial charge in [-0.1, -0.05) is 41.9 Å². The number of nitrogens with two attached hydrogens (primary N) is 1. The summed E-state index contributed by atoms with van der Waals surface area (Å²) in [5, 5.41) is 8.10. The number of benzene rings is 2. The van der Waals surface area contributed by atoms with Crippen molar-refractivity contribution in [3.05, 3.63) is 93.3 Å². The predicted octanol–water partition coefficient (Wildman–Crippen LogP) is 3.63. The molecule has 0 unspecified atom stereocenters. The highest BCUT2D eigenvalue weighted by Gasteiger charge is 2.11. The molecule has 0 bridgehead atoms. The van der Waals surface area contributed by atoms with E-state index in [9.17, 15) is 9.59 Å². The van der Waals surface area contributed by atoms with E-state index in [2.05, 4.69) is 10.4 Å². The number of hydrogen-bond donors (Lipinski definition) is 2. The molecule has 0 aliphatic heterocycles. The third-order valence-electron chi connectivity index (χ3n) is 4.82. The van der Waals surface area contributed by atoms with Gasteiger partial charge in [-0.25, -0.2) is 0 Å². The van der Waals surface area contributed by atoms with E-state index < -0.39 is 5.91 Å². The minimum Gasteiger partial charge on any atom is -0.366 e. The second-order valence-electron chi connectivity index (χ2n) is 6.95. The van der Waals surface area contributed by atoms with Crippen LogP contribution in [0, 0.1) is 13.8 Å². The van der Waals surface area contributed by atoms with Crippen LogP contribution in [-0.4, -0.2) is 21.6 Å². The van der Waals surface area contributed by atoms with Crippen molar-refractivity contribution in [3.8, 4) is 0 Å². The van der Waals surface area contributed by atoms with Gasteiger partial charge in [0.25, 0.3) is 0 Å².